The van der Waals surface area contributed by atoms with Crippen molar-refractivity contribution in [3.05, 3.63) is 29.8 Å². The lowest BCUT2D eigenvalue weighted by atomic mass is 9.80. The summed E-state index contributed by atoms with van der Waals surface area (Å²) in [6.07, 6.45) is 6.07. The van der Waals surface area contributed by atoms with Gasteiger partial charge in [-0.1, -0.05) is 37.5 Å². The molecule has 1 fully saturated rings. The van der Waals surface area contributed by atoms with Gasteiger partial charge in [-0.15, -0.1) is 0 Å². The molecule has 3 nitrogen and oxygen atoms in total. The van der Waals surface area contributed by atoms with E-state index in [0.717, 1.165) is 43.4 Å². The van der Waals surface area contributed by atoms with E-state index in [0.29, 0.717) is 13.0 Å². The van der Waals surface area contributed by atoms with Crippen LogP contribution in [-0.4, -0.2) is 23.6 Å². The number of fused-ring (bicyclic) bond motifs is 1. The van der Waals surface area contributed by atoms with Gasteiger partial charge in [0.2, 0.25) is 0 Å². The molecule has 1 N–H and O–H groups in total. The lowest BCUT2D eigenvalue weighted by Crippen LogP contribution is -2.32. The minimum Gasteiger partial charge on any atom is -0.493 e. The first-order valence-corrected chi connectivity index (χ1v) is 8.18. The van der Waals surface area contributed by atoms with E-state index >= 15 is 0 Å². The van der Waals surface area contributed by atoms with Crippen molar-refractivity contribution in [3.8, 4) is 5.75 Å². The van der Waals surface area contributed by atoms with Crippen molar-refractivity contribution in [1.82, 2.24) is 0 Å². The average Bonchev–Trinajstić information content (AvgIpc) is 2.55. The Kier molecular flexibility index (Phi) is 4.59. The van der Waals surface area contributed by atoms with Crippen molar-refractivity contribution < 1.29 is 14.6 Å². The van der Waals surface area contributed by atoms with Crippen LogP contribution >= 0.6 is 0 Å². The van der Waals surface area contributed by atoms with Crippen LogP contribution in [0.15, 0.2) is 24.3 Å². The second-order valence-corrected chi connectivity index (χ2v) is 6.39. The van der Waals surface area contributed by atoms with Crippen molar-refractivity contribution in [1.29, 1.82) is 0 Å². The zero-order valence-electron chi connectivity index (χ0n) is 12.5. The molecule has 3 heteroatoms. The van der Waals surface area contributed by atoms with Crippen molar-refractivity contribution in [2.75, 3.05) is 6.61 Å². The van der Waals surface area contributed by atoms with Crippen LogP contribution in [0.25, 0.3) is 0 Å². The predicted molar refractivity (Wildman–Crippen MR) is 81.5 cm³/mol. The van der Waals surface area contributed by atoms with Gasteiger partial charge < -0.3 is 9.84 Å². The Balaban J connectivity index is 1.65. The number of aliphatic hydroxyl groups excluding tert-OH is 1. The van der Waals surface area contributed by atoms with Crippen LogP contribution in [-0.2, 0) is 4.79 Å². The van der Waals surface area contributed by atoms with Crippen molar-refractivity contribution >= 4 is 5.78 Å². The minimum absolute atomic E-state index is 0.0172. The highest BCUT2D eigenvalue weighted by Gasteiger charge is 2.31. The van der Waals surface area contributed by atoms with E-state index in [1.54, 1.807) is 0 Å². The molecule has 114 valence electrons. The summed E-state index contributed by atoms with van der Waals surface area (Å²) in [5.74, 6) is 1.29. The topological polar surface area (TPSA) is 46.5 Å². The van der Waals surface area contributed by atoms with Crippen LogP contribution in [0.1, 0.15) is 56.4 Å². The minimum atomic E-state index is -0.764. The predicted octanol–water partition coefficient (Wildman–Crippen LogP) is 3.45. The van der Waals surface area contributed by atoms with Crippen LogP contribution in [0, 0.1) is 5.92 Å². The smallest absolute Gasteiger partial charge is 0.162 e. The van der Waals surface area contributed by atoms with E-state index in [4.69, 9.17) is 4.74 Å². The van der Waals surface area contributed by atoms with Crippen molar-refractivity contribution in [2.45, 2.75) is 57.0 Å². The highest BCUT2D eigenvalue weighted by Crippen LogP contribution is 2.36. The molecule has 1 aliphatic heterocycles. The summed E-state index contributed by atoms with van der Waals surface area (Å²) in [6, 6.07) is 7.95. The molecule has 21 heavy (non-hydrogen) atoms. The molecule has 0 spiro atoms. The lowest BCUT2D eigenvalue weighted by molar-refractivity contribution is -0.131. The van der Waals surface area contributed by atoms with E-state index < -0.39 is 6.10 Å². The van der Waals surface area contributed by atoms with Crippen LogP contribution in [0.4, 0.5) is 0 Å². The molecule has 1 heterocycles. The maximum absolute atomic E-state index is 12.4. The molecule has 1 aliphatic carbocycles. The zero-order chi connectivity index (χ0) is 14.7. The largest absolute Gasteiger partial charge is 0.493 e. The molecular weight excluding hydrogens is 264 g/mol. The molecule has 0 amide bonds. The average molecular weight is 288 g/mol. The van der Waals surface area contributed by atoms with E-state index in [9.17, 15) is 9.90 Å². The molecule has 1 saturated carbocycles. The maximum Gasteiger partial charge on any atom is 0.162 e. The van der Waals surface area contributed by atoms with E-state index in [1.165, 1.54) is 6.42 Å². The third-order valence-electron chi connectivity index (χ3n) is 4.96. The highest BCUT2D eigenvalue weighted by molar-refractivity contribution is 5.84. The second kappa shape index (κ2) is 6.61. The third-order valence-corrected chi connectivity index (χ3v) is 4.96. The van der Waals surface area contributed by atoms with Crippen LogP contribution in [0.3, 0.4) is 0 Å². The van der Waals surface area contributed by atoms with Gasteiger partial charge in [0.15, 0.2) is 5.78 Å². The summed E-state index contributed by atoms with van der Waals surface area (Å²) in [4.78, 5) is 12.4. The number of Topliss-reactive ketones (excluding diaryl/α,β-unsaturated/α-hetero) is 1. The Morgan fingerprint density at radius 2 is 1.95 bits per heavy atom. The Labute approximate surface area is 126 Å². The number of rotatable bonds is 4. The molecule has 3 rings (SSSR count). The van der Waals surface area contributed by atoms with Gasteiger partial charge in [-0.05, 0) is 42.7 Å². The summed E-state index contributed by atoms with van der Waals surface area (Å²) in [5, 5.41) is 10.3. The van der Waals surface area contributed by atoms with Gasteiger partial charge in [0, 0.05) is 6.42 Å². The van der Waals surface area contributed by atoms with Gasteiger partial charge in [-0.25, -0.2) is 0 Å². The number of carbonyl (C=O) groups is 1. The normalized spacial score (nSPS) is 24.0. The molecular formula is C18H24O3. The molecule has 2 unspecified atom stereocenters. The van der Waals surface area contributed by atoms with Crippen LogP contribution in [0.2, 0.25) is 0 Å². The summed E-state index contributed by atoms with van der Waals surface area (Å²) in [5.41, 5.74) is 1.12. The van der Waals surface area contributed by atoms with Gasteiger partial charge in [-0.2, -0.15) is 0 Å². The third kappa shape index (κ3) is 3.29. The molecule has 0 bridgehead atoms. The van der Waals surface area contributed by atoms with Gasteiger partial charge in [0.25, 0.3) is 0 Å². The molecule has 2 atom stereocenters. The van der Waals surface area contributed by atoms with E-state index in [-0.39, 0.29) is 17.6 Å². The second-order valence-electron chi connectivity index (χ2n) is 6.39. The summed E-state index contributed by atoms with van der Waals surface area (Å²) < 4.78 is 5.64. The number of carbonyl (C=O) groups excluding carboxylic acids is 1. The number of hydrogen-bond donors (Lipinski definition) is 1. The Hall–Kier alpha value is -1.35. The fourth-order valence-corrected chi connectivity index (χ4v) is 3.70. The SMILES string of the molecule is O=C(CC1CCOc2ccccc21)C(O)C1CCCCC1. The maximum atomic E-state index is 12.4. The Morgan fingerprint density at radius 1 is 1.19 bits per heavy atom. The highest BCUT2D eigenvalue weighted by atomic mass is 16.5. The Bertz CT molecular complexity index is 491. The van der Waals surface area contributed by atoms with Gasteiger partial charge in [-0.3, -0.25) is 4.79 Å². The first kappa shape index (κ1) is 14.6. The van der Waals surface area contributed by atoms with Gasteiger partial charge in [0.1, 0.15) is 11.9 Å². The first-order valence-electron chi connectivity index (χ1n) is 8.18. The zero-order valence-corrected chi connectivity index (χ0v) is 12.5. The van der Waals surface area contributed by atoms with Gasteiger partial charge >= 0.3 is 0 Å². The summed E-state index contributed by atoms with van der Waals surface area (Å²) in [6.45, 7) is 0.661. The van der Waals surface area contributed by atoms with E-state index in [1.807, 2.05) is 24.3 Å². The lowest BCUT2D eigenvalue weighted by Gasteiger charge is -2.29. The quantitative estimate of drug-likeness (QED) is 0.923. The monoisotopic (exact) mass is 288 g/mol. The fraction of sp³-hybridized carbons (Fsp3) is 0.611. The fourth-order valence-electron chi connectivity index (χ4n) is 3.70. The van der Waals surface area contributed by atoms with Crippen LogP contribution in [0.5, 0.6) is 5.75 Å². The van der Waals surface area contributed by atoms with Crippen molar-refractivity contribution in [2.24, 2.45) is 5.92 Å². The van der Waals surface area contributed by atoms with Gasteiger partial charge in [0.05, 0.1) is 6.61 Å². The number of benzene rings is 1. The molecule has 0 saturated heterocycles. The Morgan fingerprint density at radius 3 is 2.76 bits per heavy atom. The van der Waals surface area contributed by atoms with Crippen LogP contribution < -0.4 is 4.74 Å². The molecule has 1 aromatic carbocycles. The first-order chi connectivity index (χ1) is 10.3. The molecule has 0 radical (unpaired) electrons. The number of ketones is 1. The molecule has 2 aliphatic rings. The summed E-state index contributed by atoms with van der Waals surface area (Å²) >= 11 is 0. The molecule has 0 aromatic heterocycles. The molecule has 1 aromatic rings. The standard InChI is InChI=1S/C18H24O3/c19-16(18(20)13-6-2-1-3-7-13)12-14-10-11-21-17-9-5-4-8-15(14)17/h4-5,8-9,13-14,18,20H,1-3,6-7,10-12H2. The van der Waals surface area contributed by atoms with E-state index in [2.05, 4.69) is 0 Å². The number of aliphatic hydroxyl groups is 1. The number of hydrogen-bond acceptors (Lipinski definition) is 3. The summed E-state index contributed by atoms with van der Waals surface area (Å²) in [7, 11) is 0. The number of ether oxygens (including phenoxy) is 1. The number of para-hydroxylation sites is 1. The van der Waals surface area contributed by atoms with Crippen molar-refractivity contribution in [3.63, 3.8) is 0 Å².